The second-order valence-electron chi connectivity index (χ2n) is 12.0. The number of allylic oxidation sites excluding steroid dienone is 1. The molecule has 1 saturated carbocycles. The molecule has 1 unspecified atom stereocenters. The number of amides is 1. The van der Waals surface area contributed by atoms with E-state index in [0.717, 1.165) is 69.0 Å². The number of benzene rings is 3. The van der Waals surface area contributed by atoms with E-state index in [0.29, 0.717) is 6.61 Å². The molecule has 1 aromatic heterocycles. The number of ether oxygens (including phenoxy) is 1. The fourth-order valence-electron chi connectivity index (χ4n) is 6.75. The number of rotatable bonds is 6. The molecule has 4 nitrogen and oxygen atoms in total. The Balaban J connectivity index is 1.06. The van der Waals surface area contributed by atoms with Crippen LogP contribution in [0.25, 0.3) is 33.2 Å². The predicted octanol–water partition coefficient (Wildman–Crippen LogP) is 8.87. The Morgan fingerprint density at radius 1 is 0.810 bits per heavy atom. The van der Waals surface area contributed by atoms with Gasteiger partial charge in [-0.15, -0.1) is 11.3 Å². The third-order valence-corrected chi connectivity index (χ3v) is 10.4. The number of thiophene rings is 1. The van der Waals surface area contributed by atoms with Crippen LogP contribution in [0.15, 0.2) is 72.8 Å². The van der Waals surface area contributed by atoms with Crippen LogP contribution in [-0.2, 0) is 33.6 Å². The van der Waals surface area contributed by atoms with Crippen LogP contribution in [0.3, 0.4) is 0 Å². The molecule has 0 N–H and O–H groups in total. The van der Waals surface area contributed by atoms with Gasteiger partial charge in [-0.05, 0) is 120 Å². The minimum atomic E-state index is -0.361. The minimum absolute atomic E-state index is 0.0462. The Kier molecular flexibility index (Phi) is 6.82. The molecule has 3 aliphatic carbocycles. The predicted molar refractivity (Wildman–Crippen MR) is 170 cm³/mol. The second-order valence-corrected chi connectivity index (χ2v) is 13.1. The molecule has 1 amide bonds. The largest absolute Gasteiger partial charge is 0.350 e. The average molecular weight is 574 g/mol. The van der Waals surface area contributed by atoms with Crippen molar-refractivity contribution in [1.82, 2.24) is 0 Å². The van der Waals surface area contributed by atoms with E-state index in [1.807, 2.05) is 23.5 Å². The molecular formula is C37H35NO3S. The monoisotopic (exact) mass is 573 g/mol. The third-order valence-electron chi connectivity index (χ3n) is 9.17. The van der Waals surface area contributed by atoms with Crippen molar-refractivity contribution in [2.45, 2.75) is 64.1 Å². The van der Waals surface area contributed by atoms with Crippen LogP contribution in [0.2, 0.25) is 0 Å². The topological polar surface area (TPSA) is 38.8 Å². The minimum Gasteiger partial charge on any atom is -0.350 e. The SMILES string of the molecule is O=C(C1CC1)N(OC1CCCCO1)c1cccc(-c2ccc(C3=Cc4ccc5c(c4CC3)CCc3ccccc3-5)s2)c1. The third kappa shape index (κ3) is 4.94. The van der Waals surface area contributed by atoms with Gasteiger partial charge in [-0.1, -0.05) is 54.6 Å². The van der Waals surface area contributed by atoms with Gasteiger partial charge in [-0.2, -0.15) is 5.06 Å². The number of aryl methyl sites for hydroxylation is 1. The molecule has 1 atom stereocenters. The Hall–Kier alpha value is -3.51. The van der Waals surface area contributed by atoms with Crippen molar-refractivity contribution in [2.75, 3.05) is 11.7 Å². The molecule has 0 bridgehead atoms. The summed E-state index contributed by atoms with van der Waals surface area (Å²) in [5.41, 5.74) is 12.1. The standard InChI is InChI=1S/C37H35NO3S/c39-37(25-11-12-25)38(41-36-10-3-4-21-40-36)29-8-5-7-27(23-29)34-19-20-35(42-34)28-15-16-31-26(22-28)14-18-32-30-9-2-1-6-24(30)13-17-33(31)32/h1-2,5-9,14,18-20,22-23,25,36H,3-4,10-13,15-17,21H2. The van der Waals surface area contributed by atoms with Crippen LogP contribution in [0.4, 0.5) is 5.69 Å². The summed E-state index contributed by atoms with van der Waals surface area (Å²) >= 11 is 1.83. The average Bonchev–Trinajstić information content (AvgIpc) is 3.79. The molecule has 3 aromatic carbocycles. The van der Waals surface area contributed by atoms with Crippen molar-refractivity contribution in [3.8, 4) is 21.6 Å². The van der Waals surface area contributed by atoms with Gasteiger partial charge < -0.3 is 4.74 Å². The molecule has 0 radical (unpaired) electrons. The highest BCUT2D eigenvalue weighted by Crippen LogP contribution is 2.43. The zero-order chi connectivity index (χ0) is 28.0. The number of nitrogens with zero attached hydrogens (tertiary/aromatic N) is 1. The van der Waals surface area contributed by atoms with Crippen LogP contribution < -0.4 is 5.06 Å². The number of carbonyl (C=O) groups excluding carboxylic acids is 1. The molecule has 42 heavy (non-hydrogen) atoms. The van der Waals surface area contributed by atoms with Gasteiger partial charge in [-0.3, -0.25) is 4.79 Å². The lowest BCUT2D eigenvalue weighted by molar-refractivity contribution is -0.178. The first-order valence-electron chi connectivity index (χ1n) is 15.5. The van der Waals surface area contributed by atoms with Crippen molar-refractivity contribution in [3.63, 3.8) is 0 Å². The van der Waals surface area contributed by atoms with Gasteiger partial charge in [0.1, 0.15) is 0 Å². The number of anilines is 1. The van der Waals surface area contributed by atoms with Crippen LogP contribution >= 0.6 is 11.3 Å². The maximum absolute atomic E-state index is 13.2. The molecule has 4 aliphatic rings. The summed E-state index contributed by atoms with van der Waals surface area (Å²) in [7, 11) is 0. The van der Waals surface area contributed by atoms with Crippen LogP contribution in [0, 0.1) is 5.92 Å². The van der Waals surface area contributed by atoms with Crippen molar-refractivity contribution < 1.29 is 14.4 Å². The number of hydrogen-bond acceptors (Lipinski definition) is 4. The lowest BCUT2D eigenvalue weighted by Gasteiger charge is -2.29. The summed E-state index contributed by atoms with van der Waals surface area (Å²) in [6, 6.07) is 26.3. The van der Waals surface area contributed by atoms with E-state index in [2.05, 4.69) is 66.7 Å². The Morgan fingerprint density at radius 2 is 1.69 bits per heavy atom. The van der Waals surface area contributed by atoms with E-state index in [1.54, 1.807) is 5.56 Å². The van der Waals surface area contributed by atoms with Gasteiger partial charge in [0.2, 0.25) is 0 Å². The quantitative estimate of drug-likeness (QED) is 0.216. The molecule has 0 spiro atoms. The van der Waals surface area contributed by atoms with Crippen LogP contribution in [0.1, 0.15) is 65.7 Å². The molecular weight excluding hydrogens is 538 g/mol. The Morgan fingerprint density at radius 3 is 2.57 bits per heavy atom. The molecule has 1 aliphatic heterocycles. The van der Waals surface area contributed by atoms with Crippen molar-refractivity contribution in [3.05, 3.63) is 99.9 Å². The van der Waals surface area contributed by atoms with Crippen LogP contribution in [0.5, 0.6) is 0 Å². The Bertz CT molecular complexity index is 1690. The highest BCUT2D eigenvalue weighted by Gasteiger charge is 2.36. The summed E-state index contributed by atoms with van der Waals surface area (Å²) < 4.78 is 5.82. The number of hydrogen-bond donors (Lipinski definition) is 0. The molecule has 2 heterocycles. The molecule has 5 heteroatoms. The van der Waals surface area contributed by atoms with E-state index < -0.39 is 0 Å². The van der Waals surface area contributed by atoms with Gasteiger partial charge in [0, 0.05) is 28.7 Å². The lowest BCUT2D eigenvalue weighted by atomic mass is 9.78. The maximum Gasteiger partial charge on any atom is 0.254 e. The maximum atomic E-state index is 13.2. The number of fused-ring (bicyclic) bond motifs is 5. The second kappa shape index (κ2) is 11.0. The van der Waals surface area contributed by atoms with Crippen LogP contribution in [-0.4, -0.2) is 18.8 Å². The van der Waals surface area contributed by atoms with E-state index in [1.165, 1.54) is 48.2 Å². The van der Waals surface area contributed by atoms with Crippen molar-refractivity contribution in [1.29, 1.82) is 0 Å². The van der Waals surface area contributed by atoms with E-state index in [-0.39, 0.29) is 18.1 Å². The zero-order valence-corrected chi connectivity index (χ0v) is 24.6. The highest BCUT2D eigenvalue weighted by molar-refractivity contribution is 7.16. The smallest absolute Gasteiger partial charge is 0.254 e. The first kappa shape index (κ1) is 26.1. The number of carbonyl (C=O) groups is 1. The van der Waals surface area contributed by atoms with Crippen molar-refractivity contribution in [2.24, 2.45) is 5.92 Å². The molecule has 4 aromatic rings. The molecule has 8 rings (SSSR count). The van der Waals surface area contributed by atoms with Gasteiger partial charge in [0.05, 0.1) is 5.69 Å². The lowest BCUT2D eigenvalue weighted by Crippen LogP contribution is -2.38. The Labute approximate surface area is 251 Å². The fourth-order valence-corrected chi connectivity index (χ4v) is 7.80. The van der Waals surface area contributed by atoms with E-state index >= 15 is 0 Å². The first-order chi connectivity index (χ1) is 20.7. The highest BCUT2D eigenvalue weighted by atomic mass is 32.1. The van der Waals surface area contributed by atoms with E-state index in [4.69, 9.17) is 9.57 Å². The van der Waals surface area contributed by atoms with Crippen molar-refractivity contribution >= 4 is 34.6 Å². The van der Waals surface area contributed by atoms with Gasteiger partial charge in [0.25, 0.3) is 5.91 Å². The summed E-state index contributed by atoms with van der Waals surface area (Å²) in [5.74, 6) is 0.108. The summed E-state index contributed by atoms with van der Waals surface area (Å²) in [4.78, 5) is 21.9. The zero-order valence-electron chi connectivity index (χ0n) is 23.8. The molecule has 212 valence electrons. The molecule has 1 saturated heterocycles. The van der Waals surface area contributed by atoms with Gasteiger partial charge in [-0.25, -0.2) is 4.84 Å². The summed E-state index contributed by atoms with van der Waals surface area (Å²) in [6.07, 6.45) is 11.3. The normalized spacial score (nSPS) is 19.3. The van der Waals surface area contributed by atoms with E-state index in [9.17, 15) is 4.79 Å². The molecule has 2 fully saturated rings. The fraction of sp³-hybridized carbons (Fsp3) is 0.324. The first-order valence-corrected chi connectivity index (χ1v) is 16.3. The van der Waals surface area contributed by atoms with Gasteiger partial charge >= 0.3 is 0 Å². The number of hydroxylamine groups is 1. The summed E-state index contributed by atoms with van der Waals surface area (Å²) in [6.45, 7) is 0.685. The van der Waals surface area contributed by atoms with Gasteiger partial charge in [0.15, 0.2) is 6.29 Å². The summed E-state index contributed by atoms with van der Waals surface area (Å²) in [5, 5.41) is 1.52.